The highest BCUT2D eigenvalue weighted by Gasteiger charge is 2.14. The van der Waals surface area contributed by atoms with E-state index in [1.165, 1.54) is 6.33 Å². The smallest absolute Gasteiger partial charge is 0.182 e. The summed E-state index contributed by atoms with van der Waals surface area (Å²) in [7, 11) is 0. The van der Waals surface area contributed by atoms with Crippen molar-refractivity contribution in [2.75, 3.05) is 11.9 Å². The average molecular weight is 221 g/mol. The van der Waals surface area contributed by atoms with Gasteiger partial charge in [-0.2, -0.15) is 0 Å². The maximum atomic E-state index is 9.25. The summed E-state index contributed by atoms with van der Waals surface area (Å²) in [6.45, 7) is 4.15. The fourth-order valence-corrected chi connectivity index (χ4v) is 1.47. The number of nitrogens with one attached hydrogen (secondary N) is 2. The van der Waals surface area contributed by atoms with E-state index < -0.39 is 0 Å². The van der Waals surface area contributed by atoms with Crippen LogP contribution in [0.2, 0.25) is 0 Å². The molecule has 6 heteroatoms. The van der Waals surface area contributed by atoms with Crippen LogP contribution in [0.4, 0.5) is 5.82 Å². The molecule has 86 valence electrons. The lowest BCUT2D eigenvalue weighted by Gasteiger charge is -2.20. The first-order chi connectivity index (χ1) is 7.72. The summed E-state index contributed by atoms with van der Waals surface area (Å²) in [4.78, 5) is 15.2. The second-order valence-corrected chi connectivity index (χ2v) is 4.00. The second-order valence-electron chi connectivity index (χ2n) is 4.00. The quantitative estimate of drug-likeness (QED) is 0.710. The number of aliphatic hydroxyl groups is 1. The minimum atomic E-state index is -0.0265. The van der Waals surface area contributed by atoms with E-state index in [0.29, 0.717) is 17.4 Å². The third-order valence-electron chi connectivity index (χ3n) is 2.55. The van der Waals surface area contributed by atoms with Crippen molar-refractivity contribution < 1.29 is 5.11 Å². The number of aromatic nitrogens is 4. The van der Waals surface area contributed by atoms with Gasteiger partial charge in [0.2, 0.25) is 0 Å². The average Bonchev–Trinajstić information content (AvgIpc) is 2.73. The molecule has 2 aromatic heterocycles. The Labute approximate surface area is 93.1 Å². The normalized spacial score (nSPS) is 13.2. The molecular formula is C10H15N5O. The Morgan fingerprint density at radius 2 is 2.19 bits per heavy atom. The highest BCUT2D eigenvalue weighted by molar-refractivity contribution is 5.82. The van der Waals surface area contributed by atoms with E-state index in [-0.39, 0.29) is 12.6 Å². The third kappa shape index (κ3) is 1.96. The summed E-state index contributed by atoms with van der Waals surface area (Å²) in [6, 6.07) is -0.0265. The van der Waals surface area contributed by atoms with Crippen LogP contribution >= 0.6 is 0 Å². The molecule has 0 fully saturated rings. The Morgan fingerprint density at radius 1 is 1.38 bits per heavy atom. The van der Waals surface area contributed by atoms with Gasteiger partial charge in [-0.15, -0.1) is 0 Å². The zero-order chi connectivity index (χ0) is 11.5. The molecule has 0 saturated heterocycles. The topological polar surface area (TPSA) is 86.7 Å². The highest BCUT2D eigenvalue weighted by Crippen LogP contribution is 2.17. The van der Waals surface area contributed by atoms with Gasteiger partial charge in [0.05, 0.1) is 19.0 Å². The lowest BCUT2D eigenvalue weighted by atomic mass is 10.1. The molecule has 0 saturated carbocycles. The molecule has 0 aliphatic rings. The Bertz CT molecular complexity index is 467. The van der Waals surface area contributed by atoms with Gasteiger partial charge in [-0.25, -0.2) is 15.0 Å². The van der Waals surface area contributed by atoms with E-state index >= 15 is 0 Å². The van der Waals surface area contributed by atoms with Crippen LogP contribution in [0.15, 0.2) is 12.7 Å². The van der Waals surface area contributed by atoms with Gasteiger partial charge in [0.15, 0.2) is 11.5 Å². The van der Waals surface area contributed by atoms with E-state index in [0.717, 1.165) is 5.52 Å². The molecule has 2 aromatic rings. The van der Waals surface area contributed by atoms with Crippen LogP contribution in [-0.4, -0.2) is 37.7 Å². The third-order valence-corrected chi connectivity index (χ3v) is 2.55. The lowest BCUT2D eigenvalue weighted by Crippen LogP contribution is -2.30. The number of H-pyrrole nitrogens is 1. The van der Waals surface area contributed by atoms with Crippen molar-refractivity contribution in [3.05, 3.63) is 12.7 Å². The van der Waals surface area contributed by atoms with Crippen LogP contribution in [0.25, 0.3) is 11.2 Å². The van der Waals surface area contributed by atoms with Crippen LogP contribution in [-0.2, 0) is 0 Å². The Morgan fingerprint density at radius 3 is 2.88 bits per heavy atom. The van der Waals surface area contributed by atoms with E-state index in [1.807, 2.05) is 13.8 Å². The molecule has 0 spiro atoms. The standard InChI is InChI=1S/C10H15N5O/c1-6(2)7(3-16)15-10-8-9(12-4-11-8)13-5-14-10/h4-7,16H,3H2,1-2H3,(H2,11,12,13,14,15)/t7-/m1/s1. The van der Waals surface area contributed by atoms with E-state index in [4.69, 9.17) is 0 Å². The van der Waals surface area contributed by atoms with Crippen molar-refractivity contribution in [1.82, 2.24) is 19.9 Å². The van der Waals surface area contributed by atoms with Crippen molar-refractivity contribution in [2.24, 2.45) is 5.92 Å². The first-order valence-corrected chi connectivity index (χ1v) is 5.24. The van der Waals surface area contributed by atoms with Gasteiger partial charge < -0.3 is 15.4 Å². The Balaban J connectivity index is 2.29. The maximum Gasteiger partial charge on any atom is 0.182 e. The maximum absolute atomic E-state index is 9.25. The molecule has 3 N–H and O–H groups in total. The molecule has 0 radical (unpaired) electrons. The molecule has 16 heavy (non-hydrogen) atoms. The summed E-state index contributed by atoms with van der Waals surface area (Å²) in [6.07, 6.45) is 3.04. The van der Waals surface area contributed by atoms with E-state index in [2.05, 4.69) is 25.3 Å². The molecule has 0 unspecified atom stereocenters. The van der Waals surface area contributed by atoms with Gasteiger partial charge in [0.25, 0.3) is 0 Å². The summed E-state index contributed by atoms with van der Waals surface area (Å²) < 4.78 is 0. The van der Waals surface area contributed by atoms with Crippen LogP contribution < -0.4 is 5.32 Å². The second kappa shape index (κ2) is 4.44. The first-order valence-electron chi connectivity index (χ1n) is 5.24. The summed E-state index contributed by atoms with van der Waals surface area (Å²) in [5.41, 5.74) is 1.39. The number of hydrogen-bond acceptors (Lipinski definition) is 5. The monoisotopic (exact) mass is 221 g/mol. The number of aromatic amines is 1. The van der Waals surface area contributed by atoms with Crippen molar-refractivity contribution in [3.8, 4) is 0 Å². The van der Waals surface area contributed by atoms with Crippen LogP contribution in [0.5, 0.6) is 0 Å². The van der Waals surface area contributed by atoms with Crippen molar-refractivity contribution in [1.29, 1.82) is 0 Å². The minimum absolute atomic E-state index is 0.0265. The van der Waals surface area contributed by atoms with E-state index in [1.54, 1.807) is 6.33 Å². The molecule has 2 heterocycles. The summed E-state index contributed by atoms with van der Waals surface area (Å²) in [5, 5.41) is 12.4. The van der Waals surface area contributed by atoms with Crippen molar-refractivity contribution in [3.63, 3.8) is 0 Å². The van der Waals surface area contributed by atoms with Crippen LogP contribution in [0.3, 0.4) is 0 Å². The molecule has 1 atom stereocenters. The number of nitrogens with zero attached hydrogens (tertiary/aromatic N) is 3. The number of hydrogen-bond donors (Lipinski definition) is 3. The minimum Gasteiger partial charge on any atom is -0.394 e. The predicted molar refractivity (Wildman–Crippen MR) is 61.0 cm³/mol. The fourth-order valence-electron chi connectivity index (χ4n) is 1.47. The van der Waals surface area contributed by atoms with Gasteiger partial charge in [-0.1, -0.05) is 13.8 Å². The van der Waals surface area contributed by atoms with Crippen molar-refractivity contribution in [2.45, 2.75) is 19.9 Å². The largest absolute Gasteiger partial charge is 0.394 e. The Hall–Kier alpha value is -1.69. The predicted octanol–water partition coefficient (Wildman–Crippen LogP) is 0.782. The van der Waals surface area contributed by atoms with Gasteiger partial charge in [-0.05, 0) is 5.92 Å². The number of rotatable bonds is 4. The number of anilines is 1. The molecule has 0 amide bonds. The van der Waals surface area contributed by atoms with E-state index in [9.17, 15) is 5.11 Å². The van der Waals surface area contributed by atoms with Gasteiger partial charge in [-0.3, -0.25) is 0 Å². The van der Waals surface area contributed by atoms with Crippen molar-refractivity contribution >= 4 is 17.0 Å². The fraction of sp³-hybridized carbons (Fsp3) is 0.500. The van der Waals surface area contributed by atoms with Gasteiger partial charge in [0, 0.05) is 0 Å². The summed E-state index contributed by atoms with van der Waals surface area (Å²) in [5.74, 6) is 0.994. The molecule has 0 aliphatic heterocycles. The van der Waals surface area contributed by atoms with Gasteiger partial charge in [0.1, 0.15) is 11.8 Å². The number of imidazole rings is 1. The highest BCUT2D eigenvalue weighted by atomic mass is 16.3. The number of aliphatic hydroxyl groups excluding tert-OH is 1. The van der Waals surface area contributed by atoms with Crippen LogP contribution in [0.1, 0.15) is 13.8 Å². The number of fused-ring (bicyclic) bond motifs is 1. The molecule has 0 bridgehead atoms. The molecule has 0 aromatic carbocycles. The molecular weight excluding hydrogens is 206 g/mol. The first kappa shape index (κ1) is 10.8. The van der Waals surface area contributed by atoms with Crippen LogP contribution in [0, 0.1) is 5.92 Å². The SMILES string of the molecule is CC(C)[C@@H](CO)Nc1ncnc2nc[nH]c12. The zero-order valence-corrected chi connectivity index (χ0v) is 9.31. The Kier molecular flexibility index (Phi) is 3.00. The van der Waals surface area contributed by atoms with Gasteiger partial charge >= 0.3 is 0 Å². The zero-order valence-electron chi connectivity index (χ0n) is 9.31. The molecule has 6 nitrogen and oxygen atoms in total. The molecule has 2 rings (SSSR count). The lowest BCUT2D eigenvalue weighted by molar-refractivity contribution is 0.249. The molecule has 0 aliphatic carbocycles. The summed E-state index contributed by atoms with van der Waals surface area (Å²) >= 11 is 0.